The van der Waals surface area contributed by atoms with Gasteiger partial charge in [-0.15, -0.1) is 0 Å². The number of carbonyl (C=O) groups is 1. The number of hydrogen-bond acceptors (Lipinski definition) is 8. The van der Waals surface area contributed by atoms with Crippen molar-refractivity contribution in [1.82, 2.24) is 19.7 Å². The zero-order valence-electron chi connectivity index (χ0n) is 17.1. The molecule has 0 N–H and O–H groups in total. The van der Waals surface area contributed by atoms with Gasteiger partial charge in [0.2, 0.25) is 0 Å². The Hall–Kier alpha value is -4.01. The molecule has 0 radical (unpaired) electrons. The molecule has 2 aromatic carbocycles. The first-order valence-electron chi connectivity index (χ1n) is 9.65. The van der Waals surface area contributed by atoms with E-state index in [0.717, 1.165) is 0 Å². The summed E-state index contributed by atoms with van der Waals surface area (Å²) in [5.74, 6) is 0.887. The Bertz CT molecular complexity index is 1280. The van der Waals surface area contributed by atoms with E-state index in [4.69, 9.17) is 14.0 Å². The Morgan fingerprint density at radius 2 is 1.87 bits per heavy atom. The van der Waals surface area contributed by atoms with E-state index in [-0.39, 0.29) is 36.6 Å². The van der Waals surface area contributed by atoms with Crippen LogP contribution in [-0.2, 0) is 22.6 Å². The van der Waals surface area contributed by atoms with Crippen LogP contribution in [0.4, 0.5) is 0 Å². The second-order valence-electron chi connectivity index (χ2n) is 6.78. The van der Waals surface area contributed by atoms with Gasteiger partial charge in [-0.25, -0.2) is 4.98 Å². The van der Waals surface area contributed by atoms with Crippen LogP contribution in [0.3, 0.4) is 0 Å². The number of carbonyl (C=O) groups excluding carboxylic acids is 1. The van der Waals surface area contributed by atoms with Gasteiger partial charge in [0.15, 0.2) is 12.4 Å². The van der Waals surface area contributed by atoms with Crippen LogP contribution in [0.2, 0.25) is 0 Å². The summed E-state index contributed by atoms with van der Waals surface area (Å²) in [6, 6.07) is 14.5. The highest BCUT2D eigenvalue weighted by Gasteiger charge is 2.15. The van der Waals surface area contributed by atoms with E-state index < -0.39 is 5.97 Å². The first-order valence-corrected chi connectivity index (χ1v) is 9.65. The average molecular weight is 420 g/mol. The standard InChI is InChI=1S/C22H20N4O5/c1-14-23-20(31-25-14)13-30-21(27)12-11-18-22(28)26(15-7-9-16(29-2)10-8-15)19-6-4-3-5-17(19)24-18/h3-10H,11-13H2,1-2H3. The summed E-state index contributed by atoms with van der Waals surface area (Å²) in [6.07, 6.45) is 0.137. The molecule has 0 atom stereocenters. The maximum atomic E-state index is 13.2. The molecule has 31 heavy (non-hydrogen) atoms. The number of aromatic nitrogens is 4. The minimum atomic E-state index is -0.485. The predicted molar refractivity (Wildman–Crippen MR) is 111 cm³/mol. The lowest BCUT2D eigenvalue weighted by molar-refractivity contribution is -0.145. The van der Waals surface area contributed by atoms with Gasteiger partial charge in [-0.2, -0.15) is 4.98 Å². The number of para-hydroxylation sites is 2. The van der Waals surface area contributed by atoms with E-state index in [9.17, 15) is 9.59 Å². The number of hydrogen-bond donors (Lipinski definition) is 0. The van der Waals surface area contributed by atoms with E-state index in [1.807, 2.05) is 24.3 Å². The fourth-order valence-corrected chi connectivity index (χ4v) is 3.16. The minimum absolute atomic E-state index is 0.00366. The number of esters is 1. The van der Waals surface area contributed by atoms with Gasteiger partial charge in [0, 0.05) is 12.1 Å². The van der Waals surface area contributed by atoms with Crippen molar-refractivity contribution in [1.29, 1.82) is 0 Å². The lowest BCUT2D eigenvalue weighted by atomic mass is 10.2. The third-order valence-corrected chi connectivity index (χ3v) is 4.65. The van der Waals surface area contributed by atoms with Gasteiger partial charge in [0.1, 0.15) is 11.4 Å². The third kappa shape index (κ3) is 4.45. The normalized spacial score (nSPS) is 10.9. The molecule has 0 fully saturated rings. The topological polar surface area (TPSA) is 109 Å². The molecule has 0 amide bonds. The first-order chi connectivity index (χ1) is 15.0. The highest BCUT2D eigenvalue weighted by Crippen LogP contribution is 2.19. The number of nitrogens with zero attached hydrogens (tertiary/aromatic N) is 4. The van der Waals surface area contributed by atoms with Crippen molar-refractivity contribution in [2.75, 3.05) is 7.11 Å². The molecule has 4 aromatic rings. The van der Waals surface area contributed by atoms with Gasteiger partial charge in [-0.3, -0.25) is 14.2 Å². The van der Waals surface area contributed by atoms with Crippen molar-refractivity contribution in [3.63, 3.8) is 0 Å². The van der Waals surface area contributed by atoms with E-state index >= 15 is 0 Å². The summed E-state index contributed by atoms with van der Waals surface area (Å²) in [7, 11) is 1.58. The smallest absolute Gasteiger partial charge is 0.306 e. The number of fused-ring (bicyclic) bond motifs is 1. The van der Waals surface area contributed by atoms with Gasteiger partial charge in [0.05, 0.1) is 24.6 Å². The predicted octanol–water partition coefficient (Wildman–Crippen LogP) is 2.76. The van der Waals surface area contributed by atoms with Crippen molar-refractivity contribution in [3.8, 4) is 11.4 Å². The average Bonchev–Trinajstić information content (AvgIpc) is 3.21. The molecule has 0 saturated carbocycles. The van der Waals surface area contributed by atoms with E-state index in [1.54, 1.807) is 42.9 Å². The summed E-state index contributed by atoms with van der Waals surface area (Å²) in [4.78, 5) is 33.8. The number of benzene rings is 2. The molecule has 0 spiro atoms. The first kappa shape index (κ1) is 20.3. The summed E-state index contributed by atoms with van der Waals surface area (Å²) < 4.78 is 16.8. The lowest BCUT2D eigenvalue weighted by Gasteiger charge is -2.13. The van der Waals surface area contributed by atoms with E-state index in [0.29, 0.717) is 28.3 Å². The van der Waals surface area contributed by atoms with Gasteiger partial charge in [-0.05, 0) is 43.3 Å². The van der Waals surface area contributed by atoms with Crippen LogP contribution in [0, 0.1) is 6.92 Å². The van der Waals surface area contributed by atoms with Gasteiger partial charge in [0.25, 0.3) is 11.4 Å². The molecule has 0 unspecified atom stereocenters. The Morgan fingerprint density at radius 3 is 2.58 bits per heavy atom. The quantitative estimate of drug-likeness (QED) is 0.420. The zero-order chi connectivity index (χ0) is 21.8. The van der Waals surface area contributed by atoms with Gasteiger partial charge < -0.3 is 14.0 Å². The van der Waals surface area contributed by atoms with Crippen LogP contribution in [0.1, 0.15) is 23.8 Å². The van der Waals surface area contributed by atoms with Crippen LogP contribution in [0.25, 0.3) is 16.7 Å². The van der Waals surface area contributed by atoms with Crippen LogP contribution in [-0.4, -0.2) is 32.8 Å². The molecule has 0 bridgehead atoms. The van der Waals surface area contributed by atoms with Crippen molar-refractivity contribution in [3.05, 3.63) is 76.3 Å². The third-order valence-electron chi connectivity index (χ3n) is 4.65. The molecule has 0 aliphatic heterocycles. The Morgan fingerprint density at radius 1 is 1.10 bits per heavy atom. The number of methoxy groups -OCH3 is 1. The van der Waals surface area contributed by atoms with Crippen LogP contribution in [0.5, 0.6) is 5.75 Å². The molecule has 2 heterocycles. The van der Waals surface area contributed by atoms with Crippen LogP contribution >= 0.6 is 0 Å². The number of ether oxygens (including phenoxy) is 2. The lowest BCUT2D eigenvalue weighted by Crippen LogP contribution is -2.25. The molecule has 0 saturated heterocycles. The van der Waals surface area contributed by atoms with Gasteiger partial charge in [-0.1, -0.05) is 17.3 Å². The maximum Gasteiger partial charge on any atom is 0.306 e. The SMILES string of the molecule is COc1ccc(-n2c(=O)c(CCC(=O)OCc3nc(C)no3)nc3ccccc32)cc1. The molecule has 9 nitrogen and oxygen atoms in total. The van der Waals surface area contributed by atoms with E-state index in [1.165, 1.54) is 0 Å². The number of rotatable bonds is 7. The van der Waals surface area contributed by atoms with Crippen molar-refractivity contribution in [2.45, 2.75) is 26.4 Å². The summed E-state index contributed by atoms with van der Waals surface area (Å²) in [5.41, 5.74) is 2.00. The molecule has 2 aromatic heterocycles. The molecule has 0 aliphatic carbocycles. The molecule has 9 heteroatoms. The van der Waals surface area contributed by atoms with Crippen LogP contribution in [0.15, 0.2) is 57.8 Å². The fraction of sp³-hybridized carbons (Fsp3) is 0.227. The minimum Gasteiger partial charge on any atom is -0.497 e. The van der Waals surface area contributed by atoms with Gasteiger partial charge >= 0.3 is 5.97 Å². The van der Waals surface area contributed by atoms with Crippen LogP contribution < -0.4 is 10.3 Å². The summed E-state index contributed by atoms with van der Waals surface area (Å²) in [6.45, 7) is 1.56. The second kappa shape index (κ2) is 8.78. The molecular formula is C22H20N4O5. The second-order valence-corrected chi connectivity index (χ2v) is 6.78. The number of aryl methyl sites for hydroxylation is 2. The Labute approximate surface area is 177 Å². The van der Waals surface area contributed by atoms with Crippen molar-refractivity contribution < 1.29 is 18.8 Å². The Balaban J connectivity index is 1.58. The Kier molecular flexibility index (Phi) is 5.74. The summed E-state index contributed by atoms with van der Waals surface area (Å²) in [5, 5.41) is 3.64. The molecule has 0 aliphatic rings. The fourth-order valence-electron chi connectivity index (χ4n) is 3.16. The molecule has 4 rings (SSSR count). The molecular weight excluding hydrogens is 400 g/mol. The zero-order valence-corrected chi connectivity index (χ0v) is 17.1. The highest BCUT2D eigenvalue weighted by atomic mass is 16.6. The monoisotopic (exact) mass is 420 g/mol. The van der Waals surface area contributed by atoms with Crippen molar-refractivity contribution in [2.24, 2.45) is 0 Å². The van der Waals surface area contributed by atoms with Crippen molar-refractivity contribution >= 4 is 17.0 Å². The molecule has 158 valence electrons. The highest BCUT2D eigenvalue weighted by molar-refractivity contribution is 5.77. The largest absolute Gasteiger partial charge is 0.497 e. The maximum absolute atomic E-state index is 13.2. The summed E-state index contributed by atoms with van der Waals surface area (Å²) >= 11 is 0. The van der Waals surface area contributed by atoms with E-state index in [2.05, 4.69) is 15.1 Å².